The van der Waals surface area contributed by atoms with Gasteiger partial charge in [0.15, 0.2) is 0 Å². The van der Waals surface area contributed by atoms with Crippen LogP contribution in [0.2, 0.25) is 0 Å². The first-order chi connectivity index (χ1) is 8.08. The summed E-state index contributed by atoms with van der Waals surface area (Å²) in [5.41, 5.74) is 14.0. The Kier molecular flexibility index (Phi) is 3.61. The molecule has 0 aliphatic carbocycles. The molecule has 4 N–H and O–H groups in total. The Bertz CT molecular complexity index is 396. The van der Waals surface area contributed by atoms with Crippen LogP contribution in [0.4, 0.5) is 5.82 Å². The molecule has 2 unspecified atom stereocenters. The van der Waals surface area contributed by atoms with Gasteiger partial charge < -0.3 is 21.1 Å². The number of aryl methyl sites for hydroxylation is 1. The van der Waals surface area contributed by atoms with Crippen molar-refractivity contribution in [3.63, 3.8) is 0 Å². The van der Waals surface area contributed by atoms with Gasteiger partial charge in [0, 0.05) is 24.8 Å². The SMILES string of the molecule is Cc1cnc(N)c(C(N)C2CN(C)CCO2)c1. The van der Waals surface area contributed by atoms with Gasteiger partial charge in [-0.2, -0.15) is 0 Å². The molecule has 2 rings (SSSR count). The quantitative estimate of drug-likeness (QED) is 0.772. The number of nitrogens with zero attached hydrogens (tertiary/aromatic N) is 2. The van der Waals surface area contributed by atoms with Crippen molar-refractivity contribution in [1.29, 1.82) is 0 Å². The second kappa shape index (κ2) is 5.00. The molecule has 2 heterocycles. The van der Waals surface area contributed by atoms with Crippen LogP contribution in [0.15, 0.2) is 12.3 Å². The summed E-state index contributed by atoms with van der Waals surface area (Å²) >= 11 is 0. The molecule has 1 saturated heterocycles. The summed E-state index contributed by atoms with van der Waals surface area (Å²) in [6.45, 7) is 4.48. The van der Waals surface area contributed by atoms with E-state index in [0.29, 0.717) is 12.4 Å². The van der Waals surface area contributed by atoms with Crippen molar-refractivity contribution in [1.82, 2.24) is 9.88 Å². The highest BCUT2D eigenvalue weighted by molar-refractivity contribution is 5.43. The third-order valence-corrected chi connectivity index (χ3v) is 3.14. The van der Waals surface area contributed by atoms with Crippen LogP contribution in [0.3, 0.4) is 0 Å². The minimum absolute atomic E-state index is 0.0142. The lowest BCUT2D eigenvalue weighted by atomic mass is 10.0. The fraction of sp³-hybridized carbons (Fsp3) is 0.583. The Morgan fingerprint density at radius 1 is 1.59 bits per heavy atom. The van der Waals surface area contributed by atoms with Gasteiger partial charge in [-0.05, 0) is 25.6 Å². The Hall–Kier alpha value is -1.17. The lowest BCUT2D eigenvalue weighted by molar-refractivity contribution is -0.0325. The van der Waals surface area contributed by atoms with E-state index in [2.05, 4.69) is 16.9 Å². The number of nitrogen functional groups attached to an aromatic ring is 1. The Labute approximate surface area is 102 Å². The molecule has 1 aromatic rings. The van der Waals surface area contributed by atoms with Crippen molar-refractivity contribution in [2.24, 2.45) is 5.73 Å². The number of ether oxygens (including phenoxy) is 1. The van der Waals surface area contributed by atoms with Crippen LogP contribution in [0.5, 0.6) is 0 Å². The van der Waals surface area contributed by atoms with Gasteiger partial charge in [-0.3, -0.25) is 0 Å². The molecule has 2 atom stereocenters. The fourth-order valence-corrected chi connectivity index (χ4v) is 2.10. The van der Waals surface area contributed by atoms with Crippen molar-refractivity contribution in [3.05, 3.63) is 23.4 Å². The first kappa shape index (κ1) is 12.3. The van der Waals surface area contributed by atoms with E-state index in [0.717, 1.165) is 24.2 Å². The number of morpholine rings is 1. The number of rotatable bonds is 2. The second-order valence-electron chi connectivity index (χ2n) is 4.68. The number of nitrogens with two attached hydrogens (primary N) is 2. The van der Waals surface area contributed by atoms with E-state index in [1.807, 2.05) is 13.0 Å². The number of hydrogen-bond acceptors (Lipinski definition) is 5. The van der Waals surface area contributed by atoms with Crippen LogP contribution in [-0.2, 0) is 4.74 Å². The topological polar surface area (TPSA) is 77.4 Å². The maximum Gasteiger partial charge on any atom is 0.128 e. The van der Waals surface area contributed by atoms with Crippen LogP contribution < -0.4 is 11.5 Å². The Morgan fingerprint density at radius 3 is 3.06 bits per heavy atom. The molecule has 0 bridgehead atoms. The van der Waals surface area contributed by atoms with Gasteiger partial charge in [-0.15, -0.1) is 0 Å². The first-order valence-electron chi connectivity index (χ1n) is 5.85. The van der Waals surface area contributed by atoms with Gasteiger partial charge in [0.05, 0.1) is 18.8 Å². The average molecular weight is 236 g/mol. The monoisotopic (exact) mass is 236 g/mol. The summed E-state index contributed by atoms with van der Waals surface area (Å²) in [4.78, 5) is 6.36. The van der Waals surface area contributed by atoms with Gasteiger partial charge in [-0.25, -0.2) is 4.98 Å². The van der Waals surface area contributed by atoms with Crippen LogP contribution in [0, 0.1) is 6.92 Å². The predicted octanol–water partition coefficient (Wildman–Crippen LogP) is 0.303. The van der Waals surface area contributed by atoms with E-state index in [9.17, 15) is 0 Å². The summed E-state index contributed by atoms with van der Waals surface area (Å²) in [5, 5.41) is 0. The van der Waals surface area contributed by atoms with Crippen molar-refractivity contribution in [3.8, 4) is 0 Å². The Balaban J connectivity index is 2.18. The summed E-state index contributed by atoms with van der Waals surface area (Å²) in [7, 11) is 2.07. The van der Waals surface area contributed by atoms with Crippen molar-refractivity contribution in [2.75, 3.05) is 32.5 Å². The highest BCUT2D eigenvalue weighted by atomic mass is 16.5. The van der Waals surface area contributed by atoms with E-state index in [1.54, 1.807) is 6.20 Å². The predicted molar refractivity (Wildman–Crippen MR) is 67.6 cm³/mol. The molecule has 1 aromatic heterocycles. The first-order valence-corrected chi connectivity index (χ1v) is 5.85. The number of likely N-dealkylation sites (N-methyl/N-ethyl adjacent to an activating group) is 1. The van der Waals surface area contributed by atoms with E-state index in [1.165, 1.54) is 0 Å². The van der Waals surface area contributed by atoms with Crippen LogP contribution in [0.1, 0.15) is 17.2 Å². The molecule has 0 spiro atoms. The van der Waals surface area contributed by atoms with Gasteiger partial charge in [0.1, 0.15) is 5.82 Å². The number of anilines is 1. The Morgan fingerprint density at radius 2 is 2.35 bits per heavy atom. The molecule has 5 nitrogen and oxygen atoms in total. The highest BCUT2D eigenvalue weighted by Gasteiger charge is 2.26. The minimum Gasteiger partial charge on any atom is -0.383 e. The van der Waals surface area contributed by atoms with Crippen LogP contribution >= 0.6 is 0 Å². The summed E-state index contributed by atoms with van der Waals surface area (Å²) in [6.07, 6.45) is 1.74. The molecule has 0 aromatic carbocycles. The zero-order valence-corrected chi connectivity index (χ0v) is 10.4. The van der Waals surface area contributed by atoms with Gasteiger partial charge in [-0.1, -0.05) is 0 Å². The second-order valence-corrected chi connectivity index (χ2v) is 4.68. The average Bonchev–Trinajstić information content (AvgIpc) is 2.31. The summed E-state index contributed by atoms with van der Waals surface area (Å²) < 4.78 is 5.71. The number of aromatic nitrogens is 1. The summed E-state index contributed by atoms with van der Waals surface area (Å²) in [5.74, 6) is 0.500. The molecule has 94 valence electrons. The van der Waals surface area contributed by atoms with Crippen molar-refractivity contribution >= 4 is 5.82 Å². The molecule has 1 aliphatic heterocycles. The molecule has 0 radical (unpaired) electrons. The number of pyridine rings is 1. The normalized spacial score (nSPS) is 23.6. The van der Waals surface area contributed by atoms with E-state index >= 15 is 0 Å². The molecular formula is C12H20N4O. The van der Waals surface area contributed by atoms with Gasteiger partial charge in [0.2, 0.25) is 0 Å². The minimum atomic E-state index is -0.217. The van der Waals surface area contributed by atoms with E-state index in [-0.39, 0.29) is 12.1 Å². The van der Waals surface area contributed by atoms with E-state index in [4.69, 9.17) is 16.2 Å². The molecule has 0 amide bonds. The van der Waals surface area contributed by atoms with Gasteiger partial charge >= 0.3 is 0 Å². The smallest absolute Gasteiger partial charge is 0.128 e. The van der Waals surface area contributed by atoms with Crippen molar-refractivity contribution < 1.29 is 4.74 Å². The largest absolute Gasteiger partial charge is 0.383 e. The molecule has 17 heavy (non-hydrogen) atoms. The molecule has 5 heteroatoms. The third-order valence-electron chi connectivity index (χ3n) is 3.14. The number of hydrogen-bond donors (Lipinski definition) is 2. The van der Waals surface area contributed by atoms with Crippen LogP contribution in [-0.4, -0.2) is 42.7 Å². The van der Waals surface area contributed by atoms with Crippen molar-refractivity contribution in [2.45, 2.75) is 19.1 Å². The molecular weight excluding hydrogens is 216 g/mol. The standard InChI is InChI=1S/C12H20N4O/c1-8-5-9(12(14)15-6-8)11(13)10-7-16(2)3-4-17-10/h5-6,10-11H,3-4,7,13H2,1-2H3,(H2,14,15). The molecule has 1 fully saturated rings. The van der Waals surface area contributed by atoms with Crippen LogP contribution in [0.25, 0.3) is 0 Å². The molecule has 1 aliphatic rings. The zero-order chi connectivity index (χ0) is 12.4. The van der Waals surface area contributed by atoms with Gasteiger partial charge in [0.25, 0.3) is 0 Å². The third kappa shape index (κ3) is 2.74. The maximum atomic E-state index is 6.23. The zero-order valence-electron chi connectivity index (χ0n) is 10.4. The summed E-state index contributed by atoms with van der Waals surface area (Å²) in [6, 6.07) is 1.77. The van der Waals surface area contributed by atoms with E-state index < -0.39 is 0 Å². The fourth-order valence-electron chi connectivity index (χ4n) is 2.10. The lowest BCUT2D eigenvalue weighted by Gasteiger charge is -2.33. The lowest BCUT2D eigenvalue weighted by Crippen LogP contribution is -2.45. The highest BCUT2D eigenvalue weighted by Crippen LogP contribution is 2.24. The maximum absolute atomic E-state index is 6.23. The molecule has 0 saturated carbocycles.